The van der Waals surface area contributed by atoms with Crippen LogP contribution in [0.3, 0.4) is 0 Å². The van der Waals surface area contributed by atoms with E-state index in [4.69, 9.17) is 10.1 Å². The third kappa shape index (κ3) is 4.04. The number of allylic oxidation sites excluding steroid dienone is 1. The number of hydrazone groups is 1. The Balaban J connectivity index is 1.72. The van der Waals surface area contributed by atoms with Gasteiger partial charge in [0, 0.05) is 31.4 Å². The Labute approximate surface area is 192 Å². The van der Waals surface area contributed by atoms with Crippen molar-refractivity contribution in [3.8, 4) is 0 Å². The highest BCUT2D eigenvalue weighted by Crippen LogP contribution is 2.41. The monoisotopic (exact) mass is 516 g/mol. The number of aromatic nitrogens is 2. The molecular formula is C23H29IN6. The molecule has 158 valence electrons. The summed E-state index contributed by atoms with van der Waals surface area (Å²) in [6, 6.07) is 6.22. The van der Waals surface area contributed by atoms with E-state index in [2.05, 4.69) is 78.3 Å². The molecule has 1 aliphatic carbocycles. The lowest BCUT2D eigenvalue weighted by Gasteiger charge is -2.33. The van der Waals surface area contributed by atoms with Crippen LogP contribution in [-0.2, 0) is 7.05 Å². The van der Waals surface area contributed by atoms with Gasteiger partial charge >= 0.3 is 0 Å². The van der Waals surface area contributed by atoms with Crippen molar-refractivity contribution >= 4 is 51.1 Å². The van der Waals surface area contributed by atoms with Crippen molar-refractivity contribution in [3.63, 3.8) is 0 Å². The van der Waals surface area contributed by atoms with Gasteiger partial charge in [0.15, 0.2) is 0 Å². The van der Waals surface area contributed by atoms with Crippen molar-refractivity contribution in [2.24, 2.45) is 29.0 Å². The van der Waals surface area contributed by atoms with E-state index in [1.807, 2.05) is 42.1 Å². The summed E-state index contributed by atoms with van der Waals surface area (Å²) in [5, 5.41) is 12.7. The molecule has 0 radical (unpaired) electrons. The molecule has 0 bridgehead atoms. The summed E-state index contributed by atoms with van der Waals surface area (Å²) in [6.07, 6.45) is 7.33. The lowest BCUT2D eigenvalue weighted by Crippen LogP contribution is -2.40. The molecule has 1 fully saturated rings. The van der Waals surface area contributed by atoms with Crippen LogP contribution in [0.2, 0.25) is 0 Å². The van der Waals surface area contributed by atoms with Crippen LogP contribution in [0.15, 0.2) is 56.5 Å². The SMILES string of the molecule is C=C1/C(=N\N(c2ccc3nn(C)cc3c2)C(C)(C)/N=C\C)C(I)=CN1CC1CC1C. The number of fused-ring (bicyclic) bond motifs is 1. The Morgan fingerprint density at radius 3 is 2.80 bits per heavy atom. The van der Waals surface area contributed by atoms with Crippen LogP contribution in [0, 0.1) is 11.8 Å². The van der Waals surface area contributed by atoms with Crippen molar-refractivity contribution in [2.45, 2.75) is 39.8 Å². The van der Waals surface area contributed by atoms with E-state index < -0.39 is 5.66 Å². The zero-order valence-corrected chi connectivity index (χ0v) is 20.5. The second kappa shape index (κ2) is 7.83. The minimum atomic E-state index is -0.548. The molecule has 2 aliphatic rings. The van der Waals surface area contributed by atoms with Crippen molar-refractivity contribution in [3.05, 3.63) is 46.5 Å². The fourth-order valence-corrected chi connectivity index (χ4v) is 4.71. The molecule has 0 amide bonds. The highest BCUT2D eigenvalue weighted by Gasteiger charge is 2.37. The van der Waals surface area contributed by atoms with Gasteiger partial charge in [0.25, 0.3) is 0 Å². The van der Waals surface area contributed by atoms with Crippen LogP contribution in [0.4, 0.5) is 5.69 Å². The number of rotatable bonds is 6. The number of aliphatic imine (C=N–C) groups is 1. The molecule has 0 saturated heterocycles. The molecule has 6 nitrogen and oxygen atoms in total. The normalized spacial score (nSPS) is 23.1. The Kier molecular flexibility index (Phi) is 5.50. The first-order valence-electron chi connectivity index (χ1n) is 10.4. The fourth-order valence-electron chi connectivity index (χ4n) is 3.96. The Morgan fingerprint density at radius 1 is 1.40 bits per heavy atom. The molecule has 1 aromatic heterocycles. The van der Waals surface area contributed by atoms with Gasteiger partial charge in [0.1, 0.15) is 11.4 Å². The van der Waals surface area contributed by atoms with Gasteiger partial charge in [-0.1, -0.05) is 13.5 Å². The lowest BCUT2D eigenvalue weighted by atomic mass is 10.1. The third-order valence-corrected chi connectivity index (χ3v) is 6.62. The summed E-state index contributed by atoms with van der Waals surface area (Å²) in [4.78, 5) is 6.96. The van der Waals surface area contributed by atoms with Crippen molar-refractivity contribution < 1.29 is 0 Å². The van der Waals surface area contributed by atoms with E-state index in [1.165, 1.54) is 6.42 Å². The first-order valence-corrected chi connectivity index (χ1v) is 11.4. The third-order valence-electron chi connectivity index (χ3n) is 5.83. The molecule has 1 aromatic carbocycles. The highest BCUT2D eigenvalue weighted by molar-refractivity contribution is 14.1. The van der Waals surface area contributed by atoms with Gasteiger partial charge in [0.2, 0.25) is 0 Å². The summed E-state index contributed by atoms with van der Waals surface area (Å²) < 4.78 is 2.94. The number of halogens is 1. The summed E-state index contributed by atoms with van der Waals surface area (Å²) in [7, 11) is 1.94. The summed E-state index contributed by atoms with van der Waals surface area (Å²) in [5.41, 5.74) is 3.27. The molecule has 2 heterocycles. The average molecular weight is 516 g/mol. The van der Waals surface area contributed by atoms with Crippen molar-refractivity contribution in [2.75, 3.05) is 11.6 Å². The van der Waals surface area contributed by atoms with Gasteiger partial charge in [0.05, 0.1) is 20.5 Å². The summed E-state index contributed by atoms with van der Waals surface area (Å²) in [6.45, 7) is 13.8. The smallest absolute Gasteiger partial charge is 0.146 e. The number of hydrogen-bond donors (Lipinski definition) is 0. The van der Waals surface area contributed by atoms with E-state index in [1.54, 1.807) is 0 Å². The van der Waals surface area contributed by atoms with Crippen LogP contribution in [-0.4, -0.2) is 38.8 Å². The van der Waals surface area contributed by atoms with E-state index in [9.17, 15) is 0 Å². The molecular weight excluding hydrogens is 487 g/mol. The molecule has 1 saturated carbocycles. The Hall–Kier alpha value is -2.16. The van der Waals surface area contributed by atoms with E-state index in [0.29, 0.717) is 0 Å². The average Bonchev–Trinajstić information content (AvgIpc) is 3.12. The fraction of sp³-hybridized carbons (Fsp3) is 0.435. The number of hydrogen-bond acceptors (Lipinski definition) is 5. The van der Waals surface area contributed by atoms with Crippen LogP contribution in [0.1, 0.15) is 34.1 Å². The molecule has 2 atom stereocenters. The lowest BCUT2D eigenvalue weighted by molar-refractivity contribution is 0.454. The standard InChI is InChI=1S/C23H29IN6/c1-7-25-23(4,5)30(19-8-9-21-18(11-19)12-28(6)26-21)27-22-16(3)29(14-20(22)24)13-17-10-15(17)2/h7-9,11-12,14-15,17H,3,10,13H2,1-2,4-6H3/b25-7-,27-22+. The maximum absolute atomic E-state index is 5.10. The minimum absolute atomic E-state index is 0.548. The van der Waals surface area contributed by atoms with Gasteiger partial charge < -0.3 is 4.90 Å². The van der Waals surface area contributed by atoms with E-state index in [0.717, 1.165) is 50.0 Å². The largest absolute Gasteiger partial charge is 0.345 e. The number of nitrogens with zero attached hydrogens (tertiary/aromatic N) is 6. The van der Waals surface area contributed by atoms with Crippen molar-refractivity contribution in [1.82, 2.24) is 14.7 Å². The predicted octanol–water partition coefficient (Wildman–Crippen LogP) is 5.32. The molecule has 7 heteroatoms. The molecule has 1 aliphatic heterocycles. The second-order valence-corrected chi connectivity index (χ2v) is 9.90. The van der Waals surface area contributed by atoms with Crippen LogP contribution in [0.5, 0.6) is 0 Å². The van der Waals surface area contributed by atoms with Gasteiger partial charge in [-0.15, -0.1) is 0 Å². The van der Waals surface area contributed by atoms with E-state index >= 15 is 0 Å². The molecule has 2 unspecified atom stereocenters. The first-order chi connectivity index (χ1) is 14.2. The highest BCUT2D eigenvalue weighted by atomic mass is 127. The van der Waals surface area contributed by atoms with Crippen molar-refractivity contribution in [1.29, 1.82) is 0 Å². The molecule has 0 spiro atoms. The topological polar surface area (TPSA) is 49.0 Å². The van der Waals surface area contributed by atoms with Gasteiger partial charge in [-0.3, -0.25) is 9.67 Å². The number of aryl methyl sites for hydroxylation is 1. The predicted molar refractivity (Wildman–Crippen MR) is 134 cm³/mol. The van der Waals surface area contributed by atoms with Gasteiger partial charge in [-0.2, -0.15) is 10.2 Å². The minimum Gasteiger partial charge on any atom is -0.345 e. The quantitative estimate of drug-likeness (QED) is 0.297. The number of benzene rings is 1. The van der Waals surface area contributed by atoms with E-state index in [-0.39, 0.29) is 0 Å². The van der Waals surface area contributed by atoms with Crippen LogP contribution < -0.4 is 5.01 Å². The molecule has 0 N–H and O–H groups in total. The maximum atomic E-state index is 5.10. The maximum Gasteiger partial charge on any atom is 0.146 e. The van der Waals surface area contributed by atoms with Gasteiger partial charge in [-0.25, -0.2) is 5.01 Å². The summed E-state index contributed by atoms with van der Waals surface area (Å²) in [5.74, 6) is 1.57. The Morgan fingerprint density at radius 2 is 2.13 bits per heavy atom. The zero-order valence-electron chi connectivity index (χ0n) is 18.3. The molecule has 2 aromatic rings. The number of anilines is 1. The second-order valence-electron chi connectivity index (χ2n) is 8.74. The first kappa shape index (κ1) is 21.1. The van der Waals surface area contributed by atoms with Gasteiger partial charge in [-0.05, 0) is 86.0 Å². The van der Waals surface area contributed by atoms with Crippen LogP contribution in [0.25, 0.3) is 10.9 Å². The Bertz CT molecular complexity index is 1080. The zero-order chi connectivity index (χ0) is 21.6. The molecule has 4 rings (SSSR count). The summed E-state index contributed by atoms with van der Waals surface area (Å²) >= 11 is 2.37. The van der Waals surface area contributed by atoms with Crippen LogP contribution >= 0.6 is 22.6 Å². The molecule has 30 heavy (non-hydrogen) atoms.